The second kappa shape index (κ2) is 3.59. The first-order valence-electron chi connectivity index (χ1n) is 4.27. The van der Waals surface area contributed by atoms with E-state index in [1.54, 1.807) is 24.1 Å². The van der Waals surface area contributed by atoms with E-state index in [4.69, 9.17) is 0 Å². The fraction of sp³-hybridized carbons (Fsp3) is 0.375. The normalized spacial score (nSPS) is 13.0. The smallest absolute Gasteiger partial charge is 0.138 e. The molecule has 0 aromatic carbocycles. The topological polar surface area (TPSA) is 79.6 Å². The van der Waals surface area contributed by atoms with Crippen LogP contribution in [0.2, 0.25) is 0 Å². The molecule has 0 saturated carbocycles. The molecule has 0 spiro atoms. The van der Waals surface area contributed by atoms with E-state index in [2.05, 4.69) is 20.1 Å². The summed E-state index contributed by atoms with van der Waals surface area (Å²) in [5.74, 6) is 1.28. The Kier molecular flexibility index (Phi) is 2.28. The molecule has 2 aromatic heterocycles. The van der Waals surface area contributed by atoms with Crippen LogP contribution in [0.3, 0.4) is 0 Å². The summed E-state index contributed by atoms with van der Waals surface area (Å²) in [5, 5.41) is 13.6. The van der Waals surface area contributed by atoms with Crippen molar-refractivity contribution in [1.82, 2.24) is 24.7 Å². The zero-order valence-electron chi connectivity index (χ0n) is 7.75. The third-order valence-electron chi connectivity index (χ3n) is 2.02. The van der Waals surface area contributed by atoms with Crippen LogP contribution in [0.5, 0.6) is 0 Å². The van der Waals surface area contributed by atoms with E-state index in [-0.39, 0.29) is 0 Å². The van der Waals surface area contributed by atoms with Crippen molar-refractivity contribution in [2.75, 3.05) is 0 Å². The highest BCUT2D eigenvalue weighted by molar-refractivity contribution is 4.97. The van der Waals surface area contributed by atoms with Gasteiger partial charge in [0.15, 0.2) is 0 Å². The van der Waals surface area contributed by atoms with Crippen LogP contribution < -0.4 is 0 Å². The summed E-state index contributed by atoms with van der Waals surface area (Å²) >= 11 is 0. The fourth-order valence-corrected chi connectivity index (χ4v) is 1.23. The first-order chi connectivity index (χ1) is 6.77. The largest absolute Gasteiger partial charge is 0.385 e. The summed E-state index contributed by atoms with van der Waals surface area (Å²) < 4.78 is 1.63. The third kappa shape index (κ3) is 1.64. The van der Waals surface area contributed by atoms with Crippen molar-refractivity contribution in [1.29, 1.82) is 0 Å². The predicted molar refractivity (Wildman–Crippen MR) is 48.3 cm³/mol. The minimum absolute atomic E-state index is 0.407. The van der Waals surface area contributed by atoms with Crippen molar-refractivity contribution < 1.29 is 5.11 Å². The first-order valence-corrected chi connectivity index (χ1v) is 4.27. The third-order valence-corrected chi connectivity index (χ3v) is 2.02. The van der Waals surface area contributed by atoms with Gasteiger partial charge in [-0.05, 0) is 0 Å². The molecule has 1 atom stereocenters. The number of imidazole rings is 1. The first kappa shape index (κ1) is 8.89. The Morgan fingerprint density at radius 2 is 2.43 bits per heavy atom. The SMILES string of the molecule is Cn1ncnc1CC(O)c1ncc[nH]1. The molecule has 0 aliphatic rings. The second-order valence-electron chi connectivity index (χ2n) is 2.99. The average Bonchev–Trinajstić information content (AvgIpc) is 2.77. The highest BCUT2D eigenvalue weighted by Gasteiger charge is 2.13. The van der Waals surface area contributed by atoms with Gasteiger partial charge >= 0.3 is 0 Å². The van der Waals surface area contributed by atoms with E-state index in [9.17, 15) is 5.11 Å². The van der Waals surface area contributed by atoms with Crippen LogP contribution in [0.1, 0.15) is 17.8 Å². The number of hydrogen-bond acceptors (Lipinski definition) is 4. The zero-order valence-corrected chi connectivity index (χ0v) is 7.75. The monoisotopic (exact) mass is 193 g/mol. The Labute approximate surface area is 80.6 Å². The number of H-pyrrole nitrogens is 1. The van der Waals surface area contributed by atoms with Gasteiger partial charge in [-0.2, -0.15) is 5.10 Å². The Hall–Kier alpha value is -1.69. The summed E-state index contributed by atoms with van der Waals surface area (Å²) in [4.78, 5) is 10.8. The maximum atomic E-state index is 9.73. The minimum atomic E-state index is -0.659. The molecule has 2 rings (SSSR count). The number of nitrogens with one attached hydrogen (secondary N) is 1. The number of hydrogen-bond donors (Lipinski definition) is 2. The van der Waals surface area contributed by atoms with Crippen molar-refractivity contribution in [2.45, 2.75) is 12.5 Å². The van der Waals surface area contributed by atoms with Crippen LogP contribution in [0.25, 0.3) is 0 Å². The molecular weight excluding hydrogens is 182 g/mol. The van der Waals surface area contributed by atoms with Crippen LogP contribution in [0, 0.1) is 0 Å². The molecule has 6 heteroatoms. The Balaban J connectivity index is 2.09. The molecule has 6 nitrogen and oxygen atoms in total. The lowest BCUT2D eigenvalue weighted by molar-refractivity contribution is 0.165. The summed E-state index contributed by atoms with van der Waals surface area (Å²) in [5.41, 5.74) is 0. The number of nitrogens with zero attached hydrogens (tertiary/aromatic N) is 4. The zero-order chi connectivity index (χ0) is 9.97. The molecule has 0 aliphatic carbocycles. The molecule has 2 N–H and O–H groups in total. The Bertz CT molecular complexity index is 394. The van der Waals surface area contributed by atoms with Crippen molar-refractivity contribution in [3.8, 4) is 0 Å². The van der Waals surface area contributed by atoms with Crippen molar-refractivity contribution >= 4 is 0 Å². The van der Waals surface area contributed by atoms with Gasteiger partial charge in [-0.15, -0.1) is 0 Å². The maximum Gasteiger partial charge on any atom is 0.138 e. The molecule has 0 aliphatic heterocycles. The number of aromatic amines is 1. The lowest BCUT2D eigenvalue weighted by Gasteiger charge is -2.06. The lowest BCUT2D eigenvalue weighted by atomic mass is 10.2. The Morgan fingerprint density at radius 3 is 3.00 bits per heavy atom. The van der Waals surface area contributed by atoms with Gasteiger partial charge < -0.3 is 10.1 Å². The highest BCUT2D eigenvalue weighted by Crippen LogP contribution is 2.11. The van der Waals surface area contributed by atoms with Gasteiger partial charge in [0, 0.05) is 25.9 Å². The predicted octanol–water partition coefficient (Wildman–Crippen LogP) is -0.186. The quantitative estimate of drug-likeness (QED) is 0.708. The van der Waals surface area contributed by atoms with E-state index >= 15 is 0 Å². The van der Waals surface area contributed by atoms with Crippen LogP contribution in [-0.4, -0.2) is 29.8 Å². The molecule has 0 amide bonds. The number of aliphatic hydroxyl groups is 1. The number of rotatable bonds is 3. The summed E-state index contributed by atoms with van der Waals surface area (Å²) in [6.07, 6.45) is 4.49. The van der Waals surface area contributed by atoms with E-state index in [0.717, 1.165) is 5.82 Å². The number of aromatic nitrogens is 5. The Morgan fingerprint density at radius 1 is 1.57 bits per heavy atom. The van der Waals surface area contributed by atoms with Crippen molar-refractivity contribution in [2.24, 2.45) is 7.05 Å². The molecule has 0 fully saturated rings. The summed E-state index contributed by atoms with van der Waals surface area (Å²) in [7, 11) is 1.79. The number of aliphatic hydroxyl groups excluding tert-OH is 1. The van der Waals surface area contributed by atoms with E-state index in [1.807, 2.05) is 0 Å². The van der Waals surface area contributed by atoms with Crippen molar-refractivity contribution in [3.05, 3.63) is 30.4 Å². The maximum absolute atomic E-state index is 9.73. The molecule has 14 heavy (non-hydrogen) atoms. The van der Waals surface area contributed by atoms with Crippen LogP contribution in [0.4, 0.5) is 0 Å². The van der Waals surface area contributed by atoms with Crippen LogP contribution in [0.15, 0.2) is 18.7 Å². The lowest BCUT2D eigenvalue weighted by Crippen LogP contribution is -2.08. The fourth-order valence-electron chi connectivity index (χ4n) is 1.23. The summed E-state index contributed by atoms with van der Waals surface area (Å²) in [6, 6.07) is 0. The summed E-state index contributed by atoms with van der Waals surface area (Å²) in [6.45, 7) is 0. The standard InChI is InChI=1S/C8H11N5O/c1-13-7(11-5-12-13)4-6(14)8-9-2-3-10-8/h2-3,5-6,14H,4H2,1H3,(H,9,10). The van der Waals surface area contributed by atoms with Crippen LogP contribution in [-0.2, 0) is 13.5 Å². The highest BCUT2D eigenvalue weighted by atomic mass is 16.3. The molecular formula is C8H11N5O. The van der Waals surface area contributed by atoms with E-state index < -0.39 is 6.10 Å². The molecule has 0 bridgehead atoms. The van der Waals surface area contributed by atoms with E-state index in [1.165, 1.54) is 6.33 Å². The van der Waals surface area contributed by atoms with Crippen molar-refractivity contribution in [3.63, 3.8) is 0 Å². The number of aryl methyl sites for hydroxylation is 1. The van der Waals surface area contributed by atoms with Gasteiger partial charge in [-0.25, -0.2) is 9.97 Å². The molecule has 2 heterocycles. The van der Waals surface area contributed by atoms with Crippen LogP contribution >= 0.6 is 0 Å². The molecule has 2 aromatic rings. The molecule has 0 saturated heterocycles. The van der Waals surface area contributed by atoms with Gasteiger partial charge in [0.05, 0.1) is 0 Å². The van der Waals surface area contributed by atoms with E-state index in [0.29, 0.717) is 12.2 Å². The van der Waals surface area contributed by atoms with Gasteiger partial charge in [-0.1, -0.05) is 0 Å². The molecule has 0 radical (unpaired) electrons. The second-order valence-corrected chi connectivity index (χ2v) is 2.99. The van der Waals surface area contributed by atoms with Gasteiger partial charge in [0.25, 0.3) is 0 Å². The molecule has 1 unspecified atom stereocenters. The van der Waals surface area contributed by atoms with Gasteiger partial charge in [0.1, 0.15) is 24.1 Å². The minimum Gasteiger partial charge on any atom is -0.385 e. The molecule has 74 valence electrons. The average molecular weight is 193 g/mol. The van der Waals surface area contributed by atoms with Gasteiger partial charge in [-0.3, -0.25) is 4.68 Å². The van der Waals surface area contributed by atoms with Gasteiger partial charge in [0.2, 0.25) is 0 Å².